The van der Waals surface area contributed by atoms with E-state index in [-0.39, 0.29) is 29.9 Å². The zero-order chi connectivity index (χ0) is 23.1. The molecule has 0 amide bonds. The number of alkyl halides is 2. The fourth-order valence-corrected chi connectivity index (χ4v) is 5.44. The molecule has 3 heterocycles. The maximum Gasteiger partial charge on any atom is 0.266 e. The number of anilines is 1. The predicted molar refractivity (Wildman–Crippen MR) is 115 cm³/mol. The van der Waals surface area contributed by atoms with Crippen LogP contribution in [0.2, 0.25) is 0 Å². The Morgan fingerprint density at radius 2 is 1.81 bits per heavy atom. The van der Waals surface area contributed by atoms with Gasteiger partial charge in [0, 0.05) is 22.8 Å². The van der Waals surface area contributed by atoms with Crippen LogP contribution in [0.4, 0.5) is 18.9 Å². The Morgan fingerprint density at radius 3 is 2.50 bits per heavy atom. The van der Waals surface area contributed by atoms with Gasteiger partial charge in [-0.25, -0.2) is 21.6 Å². The van der Waals surface area contributed by atoms with E-state index in [0.717, 1.165) is 6.07 Å². The maximum atomic E-state index is 14.6. The molecule has 0 radical (unpaired) electrons. The second-order valence-electron chi connectivity index (χ2n) is 8.05. The number of sulfone groups is 1. The zero-order valence-electron chi connectivity index (χ0n) is 17.2. The van der Waals surface area contributed by atoms with Crippen LogP contribution >= 0.6 is 0 Å². The van der Waals surface area contributed by atoms with Crippen LogP contribution < -0.4 is 5.32 Å². The van der Waals surface area contributed by atoms with Crippen molar-refractivity contribution in [2.75, 3.05) is 16.8 Å². The van der Waals surface area contributed by atoms with E-state index in [1.54, 1.807) is 19.1 Å². The fraction of sp³-hybridized carbons (Fsp3) is 0.364. The molecule has 1 atom stereocenters. The predicted octanol–water partition coefficient (Wildman–Crippen LogP) is 4.28. The third-order valence-electron chi connectivity index (χ3n) is 5.89. The van der Waals surface area contributed by atoms with Crippen LogP contribution in [0.15, 0.2) is 42.7 Å². The Labute approximate surface area is 183 Å². The van der Waals surface area contributed by atoms with Crippen molar-refractivity contribution in [1.82, 2.24) is 9.97 Å². The molecule has 2 N–H and O–H groups in total. The summed E-state index contributed by atoms with van der Waals surface area (Å²) in [5.41, 5.74) is -0.542. The average Bonchev–Trinajstić information content (AvgIpc) is 2.76. The highest BCUT2D eigenvalue weighted by molar-refractivity contribution is 7.91. The van der Waals surface area contributed by atoms with Gasteiger partial charge >= 0.3 is 0 Å². The van der Waals surface area contributed by atoms with E-state index in [1.807, 2.05) is 0 Å². The second-order valence-corrected chi connectivity index (χ2v) is 10.3. The molecule has 1 aliphatic heterocycles. The van der Waals surface area contributed by atoms with Crippen LogP contribution in [-0.2, 0) is 15.4 Å². The number of rotatable bonds is 5. The molecule has 0 bridgehead atoms. The van der Waals surface area contributed by atoms with Gasteiger partial charge in [-0.2, -0.15) is 0 Å². The van der Waals surface area contributed by atoms with Gasteiger partial charge in [0.15, 0.2) is 9.84 Å². The number of pyridine rings is 2. The van der Waals surface area contributed by atoms with E-state index in [9.17, 15) is 26.7 Å². The summed E-state index contributed by atoms with van der Waals surface area (Å²) in [6, 6.07) is 6.55. The maximum absolute atomic E-state index is 14.6. The van der Waals surface area contributed by atoms with Crippen molar-refractivity contribution < 1.29 is 26.7 Å². The molecule has 0 spiro atoms. The molecular formula is C22H22F3N3O3S. The van der Waals surface area contributed by atoms with E-state index in [0.29, 0.717) is 22.3 Å². The highest BCUT2D eigenvalue weighted by atomic mass is 32.2. The summed E-state index contributed by atoms with van der Waals surface area (Å²) in [5, 5.41) is 14.7. The number of nitrogens with zero attached hydrogens (tertiary/aromatic N) is 2. The topological polar surface area (TPSA) is 92.2 Å². The third-order valence-corrected chi connectivity index (χ3v) is 7.54. The number of nitrogens with one attached hydrogen (secondary N) is 1. The first-order valence-corrected chi connectivity index (χ1v) is 11.9. The lowest BCUT2D eigenvalue weighted by Crippen LogP contribution is -2.37. The smallest absolute Gasteiger partial charge is 0.266 e. The van der Waals surface area contributed by atoms with Gasteiger partial charge in [0.2, 0.25) is 0 Å². The molecule has 1 saturated heterocycles. The molecule has 4 rings (SSSR count). The Hall–Kier alpha value is -2.72. The van der Waals surface area contributed by atoms with E-state index in [2.05, 4.69) is 15.3 Å². The largest absolute Gasteiger partial charge is 0.383 e. The van der Waals surface area contributed by atoms with E-state index in [1.165, 1.54) is 24.5 Å². The summed E-state index contributed by atoms with van der Waals surface area (Å²) in [6.45, 7) is 1.65. The summed E-state index contributed by atoms with van der Waals surface area (Å²) in [5.74, 6) is -1.21. The fourth-order valence-electron chi connectivity index (χ4n) is 3.94. The summed E-state index contributed by atoms with van der Waals surface area (Å²) in [4.78, 5) is 8.55. The first-order valence-electron chi connectivity index (χ1n) is 10.1. The van der Waals surface area contributed by atoms with Crippen LogP contribution in [-0.4, -0.2) is 35.0 Å². The van der Waals surface area contributed by atoms with Gasteiger partial charge in [-0.3, -0.25) is 9.97 Å². The number of aromatic nitrogens is 2. The molecule has 1 fully saturated rings. The van der Waals surface area contributed by atoms with Gasteiger partial charge in [-0.1, -0.05) is 18.2 Å². The molecule has 2 aromatic heterocycles. The van der Waals surface area contributed by atoms with Gasteiger partial charge in [0.25, 0.3) is 6.43 Å². The van der Waals surface area contributed by atoms with Crippen LogP contribution in [0.3, 0.4) is 0 Å². The van der Waals surface area contributed by atoms with Gasteiger partial charge < -0.3 is 10.4 Å². The van der Waals surface area contributed by atoms with Crippen LogP contribution in [0.25, 0.3) is 10.9 Å². The van der Waals surface area contributed by atoms with Crippen LogP contribution in [0, 0.1) is 5.82 Å². The first kappa shape index (κ1) is 22.5. The van der Waals surface area contributed by atoms with E-state index < -0.39 is 39.3 Å². The van der Waals surface area contributed by atoms with Gasteiger partial charge in [-0.15, -0.1) is 0 Å². The quantitative estimate of drug-likeness (QED) is 0.585. The Morgan fingerprint density at radius 1 is 1.12 bits per heavy atom. The monoisotopic (exact) mass is 465 g/mol. The lowest BCUT2D eigenvalue weighted by atomic mass is 9.91. The van der Waals surface area contributed by atoms with Crippen molar-refractivity contribution in [3.63, 3.8) is 0 Å². The Balaban J connectivity index is 1.68. The third kappa shape index (κ3) is 4.29. The Bertz CT molecular complexity index is 1250. The molecule has 3 aromatic rings. The minimum Gasteiger partial charge on any atom is -0.383 e. The van der Waals surface area contributed by atoms with Crippen molar-refractivity contribution >= 4 is 26.4 Å². The zero-order valence-corrected chi connectivity index (χ0v) is 18.0. The van der Waals surface area contributed by atoms with Gasteiger partial charge in [0.1, 0.15) is 11.4 Å². The summed E-state index contributed by atoms with van der Waals surface area (Å²) in [7, 11) is -3.17. The molecular weight excluding hydrogens is 443 g/mol. The number of aliphatic hydroxyl groups is 1. The summed E-state index contributed by atoms with van der Waals surface area (Å²) >= 11 is 0. The minimum absolute atomic E-state index is 0.0406. The number of hydrogen-bond donors (Lipinski definition) is 2. The highest BCUT2D eigenvalue weighted by Crippen LogP contribution is 2.36. The number of halogens is 3. The molecule has 0 aliphatic carbocycles. The molecule has 170 valence electrons. The SMILES string of the molecule is C[C@@H](Nc1ccnc2cnc(C3(O)CCS(=O)(=O)CC3)cc12)c1cccc(C(F)F)c1F. The van der Waals surface area contributed by atoms with Crippen molar-refractivity contribution in [2.24, 2.45) is 0 Å². The average molecular weight is 465 g/mol. The standard InChI is InChI=1S/C22H22F3N3O3S/c1-13(14-3-2-4-15(20(14)23)21(24)25)28-17-5-8-26-18-12-27-19(11-16(17)18)22(29)6-9-32(30,31)10-7-22/h2-5,8,11-13,21,29H,6-7,9-10H2,1H3,(H,26,28)/t13-/m1/s1. The molecule has 1 aromatic carbocycles. The first-order chi connectivity index (χ1) is 15.1. The summed E-state index contributed by atoms with van der Waals surface area (Å²) in [6.07, 6.45) is 0.182. The van der Waals surface area contributed by atoms with Crippen molar-refractivity contribution in [3.8, 4) is 0 Å². The second kappa shape index (κ2) is 8.32. The van der Waals surface area contributed by atoms with Gasteiger partial charge in [0.05, 0.1) is 40.5 Å². The molecule has 6 nitrogen and oxygen atoms in total. The minimum atomic E-state index is -3.17. The van der Waals surface area contributed by atoms with Crippen molar-refractivity contribution in [1.29, 1.82) is 0 Å². The highest BCUT2D eigenvalue weighted by Gasteiger charge is 2.38. The molecule has 1 aliphatic rings. The molecule has 0 saturated carbocycles. The van der Waals surface area contributed by atoms with Crippen molar-refractivity contribution in [2.45, 2.75) is 37.8 Å². The van der Waals surface area contributed by atoms with E-state index >= 15 is 0 Å². The lowest BCUT2D eigenvalue weighted by Gasteiger charge is -2.31. The molecule has 32 heavy (non-hydrogen) atoms. The number of hydrogen-bond acceptors (Lipinski definition) is 6. The van der Waals surface area contributed by atoms with Gasteiger partial charge in [-0.05, 0) is 31.9 Å². The number of benzene rings is 1. The normalized spacial score (nSPS) is 18.6. The van der Waals surface area contributed by atoms with Crippen LogP contribution in [0.1, 0.15) is 49.1 Å². The molecule has 10 heteroatoms. The molecule has 0 unspecified atom stereocenters. The number of fused-ring (bicyclic) bond motifs is 1. The van der Waals surface area contributed by atoms with Crippen LogP contribution in [0.5, 0.6) is 0 Å². The van der Waals surface area contributed by atoms with Crippen molar-refractivity contribution in [3.05, 3.63) is 65.4 Å². The van der Waals surface area contributed by atoms with E-state index in [4.69, 9.17) is 0 Å². The summed E-state index contributed by atoms with van der Waals surface area (Å²) < 4.78 is 64.2. The Kier molecular flexibility index (Phi) is 5.85. The lowest BCUT2D eigenvalue weighted by molar-refractivity contribution is 0.0222.